The maximum absolute atomic E-state index is 12.7. The number of imidazole rings is 1. The molecule has 0 aliphatic rings. The molecular weight excluding hydrogens is 434 g/mol. The van der Waals surface area contributed by atoms with Crippen molar-refractivity contribution in [2.75, 3.05) is 7.11 Å². The normalized spacial score (nSPS) is 11.4. The summed E-state index contributed by atoms with van der Waals surface area (Å²) in [5.74, 6) is 0.805. The number of aromatic amines is 1. The van der Waals surface area contributed by atoms with Gasteiger partial charge in [-0.25, -0.2) is 9.78 Å². The highest BCUT2D eigenvalue weighted by Gasteiger charge is 2.19. The van der Waals surface area contributed by atoms with Crippen LogP contribution in [0.4, 0.5) is 0 Å². The zero-order valence-electron chi connectivity index (χ0n) is 20.5. The standard InChI is InChI=1S/C25H35N5O4/c1-5-6-12-29-23-22(24(32)28-25(29)33)30(15-17(2)3)20(27-23)10-11-21(31)26-14-18-8-7-9-19(13-18)16-34-4/h7-9,13,17H,5-6,10-12,14-16H2,1-4H3,(H,26,31)(H,28,32,33). The van der Waals surface area contributed by atoms with Crippen LogP contribution in [0.1, 0.15) is 57.0 Å². The van der Waals surface area contributed by atoms with Gasteiger partial charge in [-0.2, -0.15) is 0 Å². The largest absolute Gasteiger partial charge is 0.380 e. The lowest BCUT2D eigenvalue weighted by Gasteiger charge is -2.12. The predicted molar refractivity (Wildman–Crippen MR) is 132 cm³/mol. The van der Waals surface area contributed by atoms with Gasteiger partial charge >= 0.3 is 5.69 Å². The molecular formula is C25H35N5O4. The van der Waals surface area contributed by atoms with Crippen LogP contribution in [-0.4, -0.2) is 32.1 Å². The molecule has 1 aromatic carbocycles. The number of fused-ring (bicyclic) bond motifs is 1. The molecule has 9 heteroatoms. The first-order valence-electron chi connectivity index (χ1n) is 11.9. The van der Waals surface area contributed by atoms with Gasteiger partial charge in [0.1, 0.15) is 5.82 Å². The molecule has 0 atom stereocenters. The van der Waals surface area contributed by atoms with Crippen LogP contribution in [-0.2, 0) is 42.2 Å². The molecule has 0 saturated heterocycles. The van der Waals surface area contributed by atoms with Gasteiger partial charge in [0.15, 0.2) is 11.2 Å². The van der Waals surface area contributed by atoms with Crippen molar-refractivity contribution >= 4 is 17.1 Å². The van der Waals surface area contributed by atoms with Crippen LogP contribution in [0.15, 0.2) is 33.9 Å². The van der Waals surface area contributed by atoms with Gasteiger partial charge < -0.3 is 14.6 Å². The predicted octanol–water partition coefficient (Wildman–Crippen LogP) is 2.74. The molecule has 3 rings (SSSR count). The topological polar surface area (TPSA) is 111 Å². The van der Waals surface area contributed by atoms with Crippen molar-refractivity contribution in [1.82, 2.24) is 24.4 Å². The van der Waals surface area contributed by atoms with E-state index >= 15 is 0 Å². The van der Waals surface area contributed by atoms with Crippen molar-refractivity contribution in [1.29, 1.82) is 0 Å². The van der Waals surface area contributed by atoms with E-state index in [1.807, 2.05) is 35.8 Å². The number of methoxy groups -OCH3 is 1. The van der Waals surface area contributed by atoms with Gasteiger partial charge in [0.2, 0.25) is 5.91 Å². The number of nitrogens with one attached hydrogen (secondary N) is 2. The summed E-state index contributed by atoms with van der Waals surface area (Å²) in [5.41, 5.74) is 1.97. The molecule has 0 fully saturated rings. The van der Waals surface area contributed by atoms with E-state index in [0.717, 1.165) is 24.0 Å². The number of hydrogen-bond donors (Lipinski definition) is 2. The highest BCUT2D eigenvalue weighted by atomic mass is 16.5. The number of benzene rings is 1. The summed E-state index contributed by atoms with van der Waals surface area (Å²) < 4.78 is 8.56. The molecule has 2 heterocycles. The second kappa shape index (κ2) is 11.8. The van der Waals surface area contributed by atoms with Crippen LogP contribution in [0, 0.1) is 5.92 Å². The molecule has 0 spiro atoms. The van der Waals surface area contributed by atoms with Crippen molar-refractivity contribution < 1.29 is 9.53 Å². The van der Waals surface area contributed by atoms with Crippen molar-refractivity contribution in [3.05, 3.63) is 62.1 Å². The third-order valence-electron chi connectivity index (χ3n) is 5.62. The van der Waals surface area contributed by atoms with E-state index in [-0.39, 0.29) is 18.2 Å². The van der Waals surface area contributed by atoms with Crippen LogP contribution < -0.4 is 16.6 Å². The summed E-state index contributed by atoms with van der Waals surface area (Å²) in [5, 5.41) is 2.95. The average Bonchev–Trinajstić information content (AvgIpc) is 3.14. The lowest BCUT2D eigenvalue weighted by atomic mass is 10.1. The molecule has 3 aromatic rings. The third-order valence-corrected chi connectivity index (χ3v) is 5.62. The van der Waals surface area contributed by atoms with E-state index in [4.69, 9.17) is 4.74 Å². The Balaban J connectivity index is 1.79. The molecule has 0 aliphatic carbocycles. The van der Waals surface area contributed by atoms with Crippen molar-refractivity contribution in [2.45, 2.75) is 72.7 Å². The Morgan fingerprint density at radius 1 is 1.21 bits per heavy atom. The van der Waals surface area contributed by atoms with Gasteiger partial charge in [-0.15, -0.1) is 0 Å². The minimum atomic E-state index is -0.444. The van der Waals surface area contributed by atoms with Crippen LogP contribution >= 0.6 is 0 Å². The van der Waals surface area contributed by atoms with Crippen molar-refractivity contribution in [3.8, 4) is 0 Å². The number of ether oxygens (including phenoxy) is 1. The van der Waals surface area contributed by atoms with E-state index in [1.165, 1.54) is 4.57 Å². The maximum Gasteiger partial charge on any atom is 0.330 e. The summed E-state index contributed by atoms with van der Waals surface area (Å²) in [6.45, 7) is 8.18. The Bertz CT molecular complexity index is 1240. The number of aromatic nitrogens is 4. The summed E-state index contributed by atoms with van der Waals surface area (Å²) in [4.78, 5) is 44.8. The zero-order chi connectivity index (χ0) is 24.7. The Kier molecular flexibility index (Phi) is 8.81. The number of aryl methyl sites for hydroxylation is 2. The van der Waals surface area contributed by atoms with Crippen LogP contribution in [0.3, 0.4) is 0 Å². The van der Waals surface area contributed by atoms with Crippen LogP contribution in [0.5, 0.6) is 0 Å². The van der Waals surface area contributed by atoms with E-state index in [0.29, 0.717) is 49.7 Å². The lowest BCUT2D eigenvalue weighted by Crippen LogP contribution is -2.31. The lowest BCUT2D eigenvalue weighted by molar-refractivity contribution is -0.121. The molecule has 9 nitrogen and oxygen atoms in total. The Labute approximate surface area is 199 Å². The molecule has 0 aliphatic heterocycles. The number of unbranched alkanes of at least 4 members (excludes halogenated alkanes) is 1. The fourth-order valence-electron chi connectivity index (χ4n) is 4.00. The van der Waals surface area contributed by atoms with Crippen molar-refractivity contribution in [2.24, 2.45) is 5.92 Å². The summed E-state index contributed by atoms with van der Waals surface area (Å²) in [7, 11) is 1.65. The van der Waals surface area contributed by atoms with E-state index in [2.05, 4.69) is 29.1 Å². The molecule has 0 bridgehead atoms. The quantitative estimate of drug-likeness (QED) is 0.424. The first-order chi connectivity index (χ1) is 16.3. The third kappa shape index (κ3) is 6.22. The molecule has 2 N–H and O–H groups in total. The van der Waals surface area contributed by atoms with Crippen LogP contribution in [0.2, 0.25) is 0 Å². The molecule has 2 aromatic heterocycles. The second-order valence-electron chi connectivity index (χ2n) is 9.00. The Morgan fingerprint density at radius 3 is 2.68 bits per heavy atom. The summed E-state index contributed by atoms with van der Waals surface area (Å²) in [6, 6.07) is 7.90. The zero-order valence-corrected chi connectivity index (χ0v) is 20.5. The molecule has 184 valence electrons. The Hall–Kier alpha value is -3.20. The number of carbonyl (C=O) groups is 1. The smallest absolute Gasteiger partial charge is 0.330 e. The number of rotatable bonds is 12. The summed E-state index contributed by atoms with van der Waals surface area (Å²) >= 11 is 0. The van der Waals surface area contributed by atoms with Gasteiger partial charge in [-0.1, -0.05) is 51.5 Å². The first kappa shape index (κ1) is 25.4. The minimum absolute atomic E-state index is 0.0995. The molecule has 0 radical (unpaired) electrons. The fraction of sp³-hybridized carbons (Fsp3) is 0.520. The monoisotopic (exact) mass is 469 g/mol. The number of carbonyl (C=O) groups excluding carboxylic acids is 1. The number of nitrogens with zero attached hydrogens (tertiary/aromatic N) is 3. The second-order valence-corrected chi connectivity index (χ2v) is 9.00. The molecule has 34 heavy (non-hydrogen) atoms. The number of hydrogen-bond acceptors (Lipinski definition) is 5. The van der Waals surface area contributed by atoms with Crippen molar-refractivity contribution in [3.63, 3.8) is 0 Å². The van der Waals surface area contributed by atoms with E-state index in [9.17, 15) is 14.4 Å². The van der Waals surface area contributed by atoms with Gasteiger partial charge in [-0.3, -0.25) is 19.1 Å². The van der Waals surface area contributed by atoms with Gasteiger partial charge in [0, 0.05) is 39.6 Å². The van der Waals surface area contributed by atoms with Gasteiger partial charge in [-0.05, 0) is 23.5 Å². The number of amides is 1. The Morgan fingerprint density at radius 2 is 1.97 bits per heavy atom. The molecule has 0 saturated carbocycles. The molecule has 0 unspecified atom stereocenters. The van der Waals surface area contributed by atoms with E-state index < -0.39 is 11.2 Å². The highest BCUT2D eigenvalue weighted by Crippen LogP contribution is 2.16. The summed E-state index contributed by atoms with van der Waals surface area (Å²) in [6.07, 6.45) is 2.33. The van der Waals surface area contributed by atoms with Gasteiger partial charge in [0.25, 0.3) is 5.56 Å². The SMILES string of the molecule is CCCCn1c(=O)[nH]c(=O)c2c1nc(CCC(=O)NCc1cccc(COC)c1)n2CC(C)C. The van der Waals surface area contributed by atoms with Crippen LogP contribution in [0.25, 0.3) is 11.2 Å². The van der Waals surface area contributed by atoms with Gasteiger partial charge in [0.05, 0.1) is 6.61 Å². The minimum Gasteiger partial charge on any atom is -0.380 e. The van der Waals surface area contributed by atoms with E-state index in [1.54, 1.807) is 7.11 Å². The first-order valence-corrected chi connectivity index (χ1v) is 11.9. The maximum atomic E-state index is 12.7. The average molecular weight is 470 g/mol. The highest BCUT2D eigenvalue weighted by molar-refractivity contribution is 5.76. The fourth-order valence-corrected chi connectivity index (χ4v) is 4.00. The molecule has 1 amide bonds. The number of H-pyrrole nitrogens is 1.